The van der Waals surface area contributed by atoms with E-state index in [1.165, 1.54) is 25.3 Å². The van der Waals surface area contributed by atoms with E-state index in [9.17, 15) is 31.5 Å². The number of amides is 1. The molecule has 1 atom stereocenters. The van der Waals surface area contributed by atoms with Crippen LogP contribution in [0.5, 0.6) is 11.6 Å². The Morgan fingerprint density at radius 2 is 1.93 bits per heavy atom. The molecular weight excluding hydrogens is 581 g/mol. The van der Waals surface area contributed by atoms with E-state index in [0.717, 1.165) is 17.1 Å². The van der Waals surface area contributed by atoms with Gasteiger partial charge in [0.25, 0.3) is 15.9 Å². The van der Waals surface area contributed by atoms with Gasteiger partial charge in [-0.15, -0.1) is 5.10 Å². The third-order valence-electron chi connectivity index (χ3n) is 7.44. The molecule has 0 saturated carbocycles. The number of aromatic nitrogens is 2. The zero-order chi connectivity index (χ0) is 31.3. The molecule has 0 fully saturated rings. The number of aliphatic hydroxyl groups is 1. The third-order valence-corrected chi connectivity index (χ3v) is 9.29. The molecule has 0 radical (unpaired) electrons. The van der Waals surface area contributed by atoms with Crippen LogP contribution in [0.3, 0.4) is 0 Å². The van der Waals surface area contributed by atoms with Gasteiger partial charge in [-0.3, -0.25) is 14.3 Å². The molecular formula is C27H35F3N4O7S. The van der Waals surface area contributed by atoms with Crippen molar-refractivity contribution >= 4 is 27.5 Å². The number of carbonyl (C=O) groups excluding carboxylic acids is 1. The molecule has 3 heterocycles. The summed E-state index contributed by atoms with van der Waals surface area (Å²) in [6.07, 6.45) is -4.66. The first-order valence-electron chi connectivity index (χ1n) is 13.3. The number of fused-ring (bicyclic) bond motifs is 2. The Kier molecular flexibility index (Phi) is 8.13. The second-order valence-corrected chi connectivity index (χ2v) is 13.3. The van der Waals surface area contributed by atoms with Gasteiger partial charge in [0.2, 0.25) is 5.60 Å². The number of halogens is 3. The number of hydrogen-bond acceptors (Lipinski definition) is 8. The van der Waals surface area contributed by atoms with Crippen molar-refractivity contribution < 1.29 is 45.7 Å². The Morgan fingerprint density at radius 3 is 2.55 bits per heavy atom. The summed E-state index contributed by atoms with van der Waals surface area (Å²) < 4.78 is 87.2. The van der Waals surface area contributed by atoms with E-state index < -0.39 is 39.4 Å². The quantitative estimate of drug-likeness (QED) is 0.369. The lowest BCUT2D eigenvalue weighted by Crippen LogP contribution is -2.45. The summed E-state index contributed by atoms with van der Waals surface area (Å²) in [5, 5.41) is 16.7. The van der Waals surface area contributed by atoms with Gasteiger partial charge in [0.1, 0.15) is 11.9 Å². The van der Waals surface area contributed by atoms with Gasteiger partial charge >= 0.3 is 12.3 Å². The normalized spacial score (nSPS) is 17.5. The van der Waals surface area contributed by atoms with Gasteiger partial charge in [0, 0.05) is 17.6 Å². The summed E-state index contributed by atoms with van der Waals surface area (Å²) >= 11 is 0. The lowest BCUT2D eigenvalue weighted by atomic mass is 9.84. The molecule has 0 aliphatic carbocycles. The molecule has 2 N–H and O–H groups in total. The number of hydrogen-bond donors (Lipinski definition) is 2. The second kappa shape index (κ2) is 10.9. The largest absolute Gasteiger partial charge is 0.512 e. The van der Waals surface area contributed by atoms with Crippen LogP contribution in [0, 0.1) is 5.41 Å². The van der Waals surface area contributed by atoms with E-state index >= 15 is 0 Å². The Balaban J connectivity index is 1.76. The van der Waals surface area contributed by atoms with Gasteiger partial charge in [0.05, 0.1) is 30.8 Å². The van der Waals surface area contributed by atoms with Crippen LogP contribution >= 0.6 is 0 Å². The minimum atomic E-state index is -4.81. The Bertz CT molecular complexity index is 1490. The molecule has 0 saturated heterocycles. The highest BCUT2D eigenvalue weighted by atomic mass is 32.2. The van der Waals surface area contributed by atoms with E-state index in [4.69, 9.17) is 9.47 Å². The average molecular weight is 617 g/mol. The van der Waals surface area contributed by atoms with E-state index in [1.54, 1.807) is 18.5 Å². The highest BCUT2D eigenvalue weighted by Gasteiger charge is 2.51. The highest BCUT2D eigenvalue weighted by molar-refractivity contribution is 7.93. The molecule has 42 heavy (non-hydrogen) atoms. The molecule has 2 aliphatic rings. The van der Waals surface area contributed by atoms with Crippen LogP contribution < -0.4 is 19.1 Å². The smallest absolute Gasteiger partial charge is 0.427 e. The number of allylic oxidation sites excluding steroid dienone is 1. The van der Waals surface area contributed by atoms with Crippen LogP contribution in [0.4, 0.5) is 29.3 Å². The number of nitrogens with zero attached hydrogens (tertiary/aromatic N) is 3. The van der Waals surface area contributed by atoms with Crippen molar-refractivity contribution in [2.75, 3.05) is 23.3 Å². The number of alkyl halides is 3. The molecule has 1 aromatic carbocycles. The average Bonchev–Trinajstić information content (AvgIpc) is 3.26. The zero-order valence-electron chi connectivity index (χ0n) is 24.0. The van der Waals surface area contributed by atoms with E-state index in [0.29, 0.717) is 32.5 Å². The predicted molar refractivity (Wildman–Crippen MR) is 148 cm³/mol. The molecule has 0 bridgehead atoms. The summed E-state index contributed by atoms with van der Waals surface area (Å²) in [7, 11) is -3.02. The molecule has 0 unspecified atom stereocenters. The Labute approximate surface area is 242 Å². The first-order chi connectivity index (χ1) is 19.4. The van der Waals surface area contributed by atoms with Crippen molar-refractivity contribution in [2.45, 2.75) is 82.7 Å². The number of nitrogens with one attached hydrogen (secondary N) is 1. The number of ether oxygens (including phenoxy) is 3. The number of aryl methyl sites for hydroxylation is 1. The zero-order valence-corrected chi connectivity index (χ0v) is 24.9. The maximum Gasteiger partial charge on any atom is 0.427 e. The second-order valence-electron chi connectivity index (χ2n) is 11.5. The summed E-state index contributed by atoms with van der Waals surface area (Å²) in [4.78, 5) is 12.3. The first-order valence-corrected chi connectivity index (χ1v) is 14.7. The van der Waals surface area contributed by atoms with Gasteiger partial charge in [-0.05, 0) is 57.7 Å². The summed E-state index contributed by atoms with van der Waals surface area (Å²) in [6, 6.07) is 4.04. The van der Waals surface area contributed by atoms with Crippen molar-refractivity contribution in [1.82, 2.24) is 9.78 Å². The van der Waals surface area contributed by atoms with Crippen LogP contribution in [0.15, 0.2) is 35.4 Å². The van der Waals surface area contributed by atoms with E-state index in [-0.39, 0.29) is 46.6 Å². The fraction of sp³-hybridized carbons (Fsp3) is 0.556. The van der Waals surface area contributed by atoms with E-state index in [1.807, 2.05) is 0 Å². The standard InChI is InChI=1S/C27H35F3N4O7S/c1-16(35)25(2,3)14-18-15-34(42(37,38)22-19-9-7-8-12-33(19)32-23(22)39-6)20-13-17(10-11-21(20)40-18)31-24(36)41-26(4,5)27(28,29)30/h10-11,13,18,35H,1,7-9,12,14-15H2,2-6H3,(H,31,36)/t18-/m0/s1. The van der Waals surface area contributed by atoms with Crippen molar-refractivity contribution in [1.29, 1.82) is 0 Å². The number of methoxy groups -OCH3 is 1. The topological polar surface area (TPSA) is 132 Å². The monoisotopic (exact) mass is 616 g/mol. The van der Waals surface area contributed by atoms with Crippen molar-refractivity contribution in [3.63, 3.8) is 0 Å². The van der Waals surface area contributed by atoms with Gasteiger partial charge in [-0.1, -0.05) is 20.4 Å². The van der Waals surface area contributed by atoms with Gasteiger partial charge in [0.15, 0.2) is 4.90 Å². The number of carbonyl (C=O) groups is 1. The lowest BCUT2D eigenvalue weighted by molar-refractivity contribution is -0.242. The van der Waals surface area contributed by atoms with Crippen LogP contribution in [0.2, 0.25) is 0 Å². The molecule has 2 aromatic rings. The molecule has 1 aromatic heterocycles. The van der Waals surface area contributed by atoms with Crippen LogP contribution in [-0.2, 0) is 27.7 Å². The number of sulfonamides is 1. The first kappa shape index (κ1) is 31.3. The minimum Gasteiger partial charge on any atom is -0.512 e. The van der Waals surface area contributed by atoms with Gasteiger partial charge in [-0.2, -0.15) is 13.2 Å². The molecule has 232 valence electrons. The van der Waals surface area contributed by atoms with Crippen molar-refractivity contribution in [2.24, 2.45) is 5.41 Å². The van der Waals surface area contributed by atoms with Crippen LogP contribution in [0.1, 0.15) is 52.7 Å². The van der Waals surface area contributed by atoms with Crippen LogP contribution in [0.25, 0.3) is 0 Å². The predicted octanol–water partition coefficient (Wildman–Crippen LogP) is 5.56. The van der Waals surface area contributed by atoms with Crippen molar-refractivity contribution in [3.05, 3.63) is 36.2 Å². The van der Waals surface area contributed by atoms with Crippen LogP contribution in [-0.4, -0.2) is 60.9 Å². The number of rotatable bonds is 8. The molecule has 15 heteroatoms. The number of aliphatic hydroxyl groups excluding tert-OH is 1. The maximum absolute atomic E-state index is 14.4. The van der Waals surface area contributed by atoms with E-state index in [2.05, 4.69) is 21.7 Å². The maximum atomic E-state index is 14.4. The molecule has 11 nitrogen and oxygen atoms in total. The molecule has 2 aliphatic heterocycles. The summed E-state index contributed by atoms with van der Waals surface area (Å²) in [5.74, 6) is -0.0185. The SMILES string of the molecule is C=C(O)C(C)(C)C[C@H]1CN(S(=O)(=O)c2c(OC)nn3c2CCCC3)c2cc(NC(=O)OC(C)(C)C(F)(F)F)ccc2O1. The third kappa shape index (κ3) is 5.96. The molecule has 4 rings (SSSR count). The minimum absolute atomic E-state index is 0.0213. The summed E-state index contributed by atoms with van der Waals surface area (Å²) in [6.45, 7) is 8.86. The summed E-state index contributed by atoms with van der Waals surface area (Å²) in [5.41, 5.74) is -3.06. The lowest BCUT2D eigenvalue weighted by Gasteiger charge is -2.38. The molecule has 0 spiro atoms. The van der Waals surface area contributed by atoms with Gasteiger partial charge < -0.3 is 19.3 Å². The Morgan fingerprint density at radius 1 is 1.24 bits per heavy atom. The number of benzene rings is 1. The van der Waals surface area contributed by atoms with Crippen molar-refractivity contribution in [3.8, 4) is 11.6 Å². The molecule has 1 amide bonds. The van der Waals surface area contributed by atoms with Gasteiger partial charge in [-0.25, -0.2) is 13.2 Å². The number of anilines is 2. The highest BCUT2D eigenvalue weighted by Crippen LogP contribution is 2.44. The fourth-order valence-electron chi connectivity index (χ4n) is 4.78. The fourth-order valence-corrected chi connectivity index (χ4v) is 6.62. The Hall–Kier alpha value is -3.62.